The van der Waals surface area contributed by atoms with Gasteiger partial charge in [0.15, 0.2) is 0 Å². The van der Waals surface area contributed by atoms with Crippen LogP contribution >= 0.6 is 0 Å². The first-order chi connectivity index (χ1) is 8.16. The van der Waals surface area contributed by atoms with E-state index >= 15 is 0 Å². The Morgan fingerprint density at radius 2 is 1.82 bits per heavy atom. The molecule has 2 nitrogen and oxygen atoms in total. The zero-order valence-electron chi connectivity index (χ0n) is 11.3. The van der Waals surface area contributed by atoms with E-state index in [1.807, 2.05) is 0 Å². The van der Waals surface area contributed by atoms with Gasteiger partial charge < -0.3 is 10.6 Å². The van der Waals surface area contributed by atoms with E-state index in [1.165, 1.54) is 35.3 Å². The summed E-state index contributed by atoms with van der Waals surface area (Å²) >= 11 is 0. The molecule has 0 radical (unpaired) electrons. The number of hydrogen-bond donors (Lipinski definition) is 2. The number of aryl methyl sites for hydroxylation is 3. The smallest absolute Gasteiger partial charge is 0.000394 e. The highest BCUT2D eigenvalue weighted by Gasteiger charge is 2.15. The molecule has 0 saturated carbocycles. The van der Waals surface area contributed by atoms with E-state index in [0.717, 1.165) is 25.4 Å². The van der Waals surface area contributed by atoms with E-state index in [2.05, 4.69) is 43.5 Å². The van der Waals surface area contributed by atoms with Crippen molar-refractivity contribution < 1.29 is 0 Å². The molecule has 0 aromatic heterocycles. The molecular weight excluding hydrogens is 208 g/mol. The van der Waals surface area contributed by atoms with Crippen LogP contribution in [0.5, 0.6) is 0 Å². The topological polar surface area (TPSA) is 24.1 Å². The molecular formula is C15H24N2. The van der Waals surface area contributed by atoms with Crippen LogP contribution in [0, 0.1) is 26.7 Å². The van der Waals surface area contributed by atoms with Gasteiger partial charge in [-0.3, -0.25) is 0 Å². The fourth-order valence-electron chi connectivity index (χ4n) is 2.31. The summed E-state index contributed by atoms with van der Waals surface area (Å²) in [4.78, 5) is 0. The van der Waals surface area contributed by atoms with Crippen molar-refractivity contribution in [3.05, 3.63) is 34.4 Å². The third kappa shape index (κ3) is 3.30. The lowest BCUT2D eigenvalue weighted by Crippen LogP contribution is -2.47. The average molecular weight is 232 g/mol. The van der Waals surface area contributed by atoms with Gasteiger partial charge in [-0.25, -0.2) is 0 Å². The van der Waals surface area contributed by atoms with Crippen LogP contribution in [0.15, 0.2) is 12.1 Å². The summed E-state index contributed by atoms with van der Waals surface area (Å²) in [6, 6.07) is 4.65. The SMILES string of the molecule is Cc1cc(C)c(CCNCC2CNC2)cc1C. The fraction of sp³-hybridized carbons (Fsp3) is 0.600. The van der Waals surface area contributed by atoms with Crippen molar-refractivity contribution in [2.75, 3.05) is 26.2 Å². The zero-order chi connectivity index (χ0) is 12.3. The highest BCUT2D eigenvalue weighted by Crippen LogP contribution is 2.15. The number of rotatable bonds is 5. The minimum atomic E-state index is 0.857. The number of nitrogens with one attached hydrogen (secondary N) is 2. The maximum Gasteiger partial charge on any atom is 0.000394 e. The van der Waals surface area contributed by atoms with Crippen LogP contribution in [-0.2, 0) is 6.42 Å². The summed E-state index contributed by atoms with van der Waals surface area (Å²) in [6.45, 7) is 11.2. The Morgan fingerprint density at radius 3 is 2.47 bits per heavy atom. The standard InChI is InChI=1S/C15H24N2/c1-11-6-13(3)15(7-12(11)2)4-5-16-8-14-9-17-10-14/h6-7,14,16-17H,4-5,8-10H2,1-3H3. The van der Waals surface area contributed by atoms with Crippen LogP contribution in [0.1, 0.15) is 22.3 Å². The van der Waals surface area contributed by atoms with Gasteiger partial charge in [0.25, 0.3) is 0 Å². The Morgan fingerprint density at radius 1 is 1.12 bits per heavy atom. The van der Waals surface area contributed by atoms with E-state index in [-0.39, 0.29) is 0 Å². The Labute approximate surface area is 105 Å². The quantitative estimate of drug-likeness (QED) is 0.758. The molecule has 0 aliphatic carbocycles. The van der Waals surface area contributed by atoms with Gasteiger partial charge in [0, 0.05) is 19.6 Å². The van der Waals surface area contributed by atoms with Gasteiger partial charge in [-0.2, -0.15) is 0 Å². The summed E-state index contributed by atoms with van der Waals surface area (Å²) < 4.78 is 0. The molecule has 94 valence electrons. The van der Waals surface area contributed by atoms with Crippen LogP contribution in [0.2, 0.25) is 0 Å². The van der Waals surface area contributed by atoms with Gasteiger partial charge in [0.2, 0.25) is 0 Å². The van der Waals surface area contributed by atoms with E-state index in [1.54, 1.807) is 0 Å². The normalized spacial score (nSPS) is 15.9. The molecule has 1 aromatic rings. The van der Waals surface area contributed by atoms with Crippen LogP contribution in [0.4, 0.5) is 0 Å². The largest absolute Gasteiger partial charge is 0.316 e. The molecule has 2 heteroatoms. The minimum Gasteiger partial charge on any atom is -0.316 e. The average Bonchev–Trinajstić information content (AvgIpc) is 2.22. The van der Waals surface area contributed by atoms with Crippen molar-refractivity contribution in [1.29, 1.82) is 0 Å². The second-order valence-corrected chi connectivity index (χ2v) is 5.34. The number of benzene rings is 1. The third-order valence-electron chi connectivity index (χ3n) is 3.82. The molecule has 0 unspecified atom stereocenters. The Hall–Kier alpha value is -0.860. The molecule has 17 heavy (non-hydrogen) atoms. The molecule has 2 rings (SSSR count). The van der Waals surface area contributed by atoms with Crippen molar-refractivity contribution in [2.45, 2.75) is 27.2 Å². The van der Waals surface area contributed by atoms with E-state index in [0.29, 0.717) is 0 Å². The fourth-order valence-corrected chi connectivity index (χ4v) is 2.31. The zero-order valence-corrected chi connectivity index (χ0v) is 11.3. The summed E-state index contributed by atoms with van der Waals surface area (Å²) in [6.07, 6.45) is 1.15. The first kappa shape index (κ1) is 12.6. The Kier molecular flexibility index (Phi) is 4.19. The molecule has 1 aromatic carbocycles. The summed E-state index contributed by atoms with van der Waals surface area (Å²) in [5, 5.41) is 6.86. The lowest BCUT2D eigenvalue weighted by atomic mass is 9.98. The van der Waals surface area contributed by atoms with Crippen LogP contribution < -0.4 is 10.6 Å². The summed E-state index contributed by atoms with van der Waals surface area (Å²) in [7, 11) is 0. The first-order valence-corrected chi connectivity index (χ1v) is 6.65. The van der Waals surface area contributed by atoms with Gasteiger partial charge in [-0.1, -0.05) is 12.1 Å². The van der Waals surface area contributed by atoms with Crippen molar-refractivity contribution in [3.63, 3.8) is 0 Å². The van der Waals surface area contributed by atoms with Crippen molar-refractivity contribution in [1.82, 2.24) is 10.6 Å². The highest BCUT2D eigenvalue weighted by atomic mass is 15.0. The molecule has 1 aliphatic rings. The molecule has 1 aliphatic heterocycles. The summed E-state index contributed by atoms with van der Waals surface area (Å²) in [5.74, 6) is 0.857. The molecule has 0 amide bonds. The van der Waals surface area contributed by atoms with Gasteiger partial charge in [-0.15, -0.1) is 0 Å². The molecule has 1 heterocycles. The minimum absolute atomic E-state index is 0.857. The third-order valence-corrected chi connectivity index (χ3v) is 3.82. The van der Waals surface area contributed by atoms with Crippen LogP contribution in [-0.4, -0.2) is 26.2 Å². The van der Waals surface area contributed by atoms with Crippen LogP contribution in [0.3, 0.4) is 0 Å². The van der Waals surface area contributed by atoms with Gasteiger partial charge in [-0.05, 0) is 61.9 Å². The lowest BCUT2D eigenvalue weighted by Gasteiger charge is -2.27. The van der Waals surface area contributed by atoms with Gasteiger partial charge in [0.05, 0.1) is 0 Å². The molecule has 0 bridgehead atoms. The van der Waals surface area contributed by atoms with Crippen LogP contribution in [0.25, 0.3) is 0 Å². The van der Waals surface area contributed by atoms with E-state index in [9.17, 15) is 0 Å². The maximum atomic E-state index is 3.56. The monoisotopic (exact) mass is 232 g/mol. The molecule has 1 fully saturated rings. The Balaban J connectivity index is 1.79. The predicted molar refractivity (Wildman–Crippen MR) is 73.6 cm³/mol. The molecule has 1 saturated heterocycles. The van der Waals surface area contributed by atoms with E-state index in [4.69, 9.17) is 0 Å². The Bertz CT molecular complexity index is 381. The first-order valence-electron chi connectivity index (χ1n) is 6.65. The van der Waals surface area contributed by atoms with Gasteiger partial charge >= 0.3 is 0 Å². The molecule has 0 atom stereocenters. The second-order valence-electron chi connectivity index (χ2n) is 5.34. The summed E-state index contributed by atoms with van der Waals surface area (Å²) in [5.41, 5.74) is 5.74. The van der Waals surface area contributed by atoms with Gasteiger partial charge in [0.1, 0.15) is 0 Å². The highest BCUT2D eigenvalue weighted by molar-refractivity contribution is 5.36. The van der Waals surface area contributed by atoms with Crippen molar-refractivity contribution in [3.8, 4) is 0 Å². The van der Waals surface area contributed by atoms with Crippen molar-refractivity contribution >= 4 is 0 Å². The predicted octanol–water partition coefficient (Wildman–Crippen LogP) is 1.96. The van der Waals surface area contributed by atoms with Crippen molar-refractivity contribution in [2.24, 2.45) is 5.92 Å². The second kappa shape index (κ2) is 5.65. The van der Waals surface area contributed by atoms with E-state index < -0.39 is 0 Å². The molecule has 2 N–H and O–H groups in total. The molecule has 0 spiro atoms. The lowest BCUT2D eigenvalue weighted by molar-refractivity contribution is 0.333. The maximum absolute atomic E-state index is 3.56. The number of hydrogen-bond acceptors (Lipinski definition) is 2.